The standard InChI is InChI=1S/C43H58N4O7/c1-30(2)38(40(50)47-24-22-35(23-25-47)46(6)42(52)53-29-33-20-14-9-15-21-33)45-39(49)34(26-31-16-10-7-11-17-31)28-37(48)36(27-32-18-12-8-13-19-32)44-41(51)54-43(3,4)5/h7-21,30,34-38,48H,22-29H2,1-6H3,(H,44,51)(H,45,49)/t34-,36+,37-,38-/m0/s1. The molecule has 0 aliphatic carbocycles. The number of nitrogens with one attached hydrogen (secondary N) is 2. The predicted molar refractivity (Wildman–Crippen MR) is 208 cm³/mol. The third-order valence-electron chi connectivity index (χ3n) is 9.73. The van der Waals surface area contributed by atoms with Crippen molar-refractivity contribution in [3.8, 4) is 0 Å². The summed E-state index contributed by atoms with van der Waals surface area (Å²) in [5, 5.41) is 17.6. The number of hydrogen-bond acceptors (Lipinski definition) is 7. The molecule has 1 aliphatic heterocycles. The van der Waals surface area contributed by atoms with E-state index < -0.39 is 41.9 Å². The molecular weight excluding hydrogens is 684 g/mol. The minimum atomic E-state index is -1.11. The van der Waals surface area contributed by atoms with Crippen LogP contribution in [0.25, 0.3) is 0 Å². The Balaban J connectivity index is 1.43. The molecule has 1 saturated heterocycles. The Morgan fingerprint density at radius 1 is 0.815 bits per heavy atom. The number of aliphatic hydroxyl groups is 1. The number of likely N-dealkylation sites (tertiary alicyclic amines) is 1. The second-order valence-corrected chi connectivity index (χ2v) is 15.6. The van der Waals surface area contributed by atoms with Gasteiger partial charge in [0.25, 0.3) is 0 Å². The number of benzene rings is 3. The Morgan fingerprint density at radius 3 is 1.85 bits per heavy atom. The average molecular weight is 743 g/mol. The van der Waals surface area contributed by atoms with E-state index in [0.29, 0.717) is 38.8 Å². The van der Waals surface area contributed by atoms with E-state index in [4.69, 9.17) is 9.47 Å². The fourth-order valence-corrected chi connectivity index (χ4v) is 6.67. The van der Waals surface area contributed by atoms with E-state index >= 15 is 0 Å². The highest BCUT2D eigenvalue weighted by Gasteiger charge is 2.36. The SMILES string of the molecule is CC(C)[C@H](NC(=O)[C@@H](Cc1ccccc1)C[C@H](O)[C@@H](Cc1ccccc1)NC(=O)OC(C)(C)C)C(=O)N1CCC(N(C)C(=O)OCc2ccccc2)CC1. The summed E-state index contributed by atoms with van der Waals surface area (Å²) < 4.78 is 11.0. The van der Waals surface area contributed by atoms with Gasteiger partial charge in [0.1, 0.15) is 18.2 Å². The van der Waals surface area contributed by atoms with Crippen LogP contribution in [-0.2, 0) is 38.5 Å². The number of alkyl carbamates (subject to hydrolysis) is 1. The zero-order valence-electron chi connectivity index (χ0n) is 32.6. The summed E-state index contributed by atoms with van der Waals surface area (Å²) >= 11 is 0. The molecule has 292 valence electrons. The quantitative estimate of drug-likeness (QED) is 0.170. The van der Waals surface area contributed by atoms with E-state index in [2.05, 4.69) is 10.6 Å². The Labute approximate surface area is 320 Å². The Morgan fingerprint density at radius 2 is 1.33 bits per heavy atom. The summed E-state index contributed by atoms with van der Waals surface area (Å²) in [6.07, 6.45) is -0.331. The van der Waals surface area contributed by atoms with Crippen molar-refractivity contribution in [3.05, 3.63) is 108 Å². The summed E-state index contributed by atoms with van der Waals surface area (Å²) in [5.41, 5.74) is 1.99. The molecule has 0 unspecified atom stereocenters. The van der Waals surface area contributed by atoms with Crippen LogP contribution in [0.1, 0.15) is 70.6 Å². The first kappa shape index (κ1) is 41.9. The molecule has 3 aromatic carbocycles. The summed E-state index contributed by atoms with van der Waals surface area (Å²) in [4.78, 5) is 57.2. The topological polar surface area (TPSA) is 138 Å². The third kappa shape index (κ3) is 13.2. The molecule has 4 atom stereocenters. The smallest absolute Gasteiger partial charge is 0.410 e. The molecule has 54 heavy (non-hydrogen) atoms. The minimum absolute atomic E-state index is 0.0329. The lowest BCUT2D eigenvalue weighted by atomic mass is 9.88. The molecule has 1 aliphatic rings. The average Bonchev–Trinajstić information content (AvgIpc) is 3.15. The Bertz CT molecular complexity index is 1620. The molecule has 11 heteroatoms. The normalized spacial score (nSPS) is 15.7. The van der Waals surface area contributed by atoms with Crippen molar-refractivity contribution >= 4 is 24.0 Å². The van der Waals surface area contributed by atoms with Crippen LogP contribution in [-0.4, -0.2) is 88.9 Å². The molecule has 0 aromatic heterocycles. The summed E-state index contributed by atoms with van der Waals surface area (Å²) in [6.45, 7) is 10.2. The van der Waals surface area contributed by atoms with Crippen molar-refractivity contribution in [2.45, 2.75) is 103 Å². The van der Waals surface area contributed by atoms with Crippen molar-refractivity contribution < 1.29 is 33.8 Å². The fourth-order valence-electron chi connectivity index (χ4n) is 6.67. The first-order valence-corrected chi connectivity index (χ1v) is 19.0. The highest BCUT2D eigenvalue weighted by molar-refractivity contribution is 5.89. The Hall–Kier alpha value is -4.90. The number of carbonyl (C=O) groups excluding carboxylic acids is 4. The summed E-state index contributed by atoms with van der Waals surface area (Å²) in [6, 6.07) is 27.0. The molecule has 3 N–H and O–H groups in total. The lowest BCUT2D eigenvalue weighted by Gasteiger charge is -2.38. The van der Waals surface area contributed by atoms with Crippen molar-refractivity contribution in [1.82, 2.24) is 20.4 Å². The van der Waals surface area contributed by atoms with E-state index in [9.17, 15) is 24.3 Å². The Kier molecular flexibility index (Phi) is 15.5. The molecule has 4 amide bonds. The number of aliphatic hydroxyl groups excluding tert-OH is 1. The molecule has 4 rings (SSSR count). The maximum absolute atomic E-state index is 14.2. The number of amides is 4. The van der Waals surface area contributed by atoms with E-state index in [-0.39, 0.29) is 36.8 Å². The maximum atomic E-state index is 14.2. The van der Waals surface area contributed by atoms with Crippen LogP contribution in [0.4, 0.5) is 9.59 Å². The van der Waals surface area contributed by atoms with Crippen LogP contribution < -0.4 is 10.6 Å². The van der Waals surface area contributed by atoms with Gasteiger partial charge >= 0.3 is 12.2 Å². The fraction of sp³-hybridized carbons (Fsp3) is 0.488. The predicted octanol–water partition coefficient (Wildman–Crippen LogP) is 6.13. The van der Waals surface area contributed by atoms with Gasteiger partial charge in [-0.2, -0.15) is 0 Å². The number of piperidine rings is 1. The lowest BCUT2D eigenvalue weighted by Crippen LogP contribution is -2.56. The zero-order chi connectivity index (χ0) is 39.3. The molecule has 11 nitrogen and oxygen atoms in total. The monoisotopic (exact) mass is 742 g/mol. The minimum Gasteiger partial charge on any atom is -0.445 e. The maximum Gasteiger partial charge on any atom is 0.410 e. The summed E-state index contributed by atoms with van der Waals surface area (Å²) in [7, 11) is 1.72. The van der Waals surface area contributed by atoms with Gasteiger partial charge in [0.2, 0.25) is 11.8 Å². The zero-order valence-corrected chi connectivity index (χ0v) is 32.6. The van der Waals surface area contributed by atoms with E-state index in [1.54, 1.807) is 37.6 Å². The van der Waals surface area contributed by atoms with Gasteiger partial charge in [0.15, 0.2) is 0 Å². The first-order valence-electron chi connectivity index (χ1n) is 19.0. The number of hydrogen-bond donors (Lipinski definition) is 3. The third-order valence-corrected chi connectivity index (χ3v) is 9.73. The number of rotatable bonds is 15. The van der Waals surface area contributed by atoms with Crippen molar-refractivity contribution in [2.75, 3.05) is 20.1 Å². The van der Waals surface area contributed by atoms with Crippen LogP contribution >= 0.6 is 0 Å². The van der Waals surface area contributed by atoms with Gasteiger partial charge in [-0.1, -0.05) is 105 Å². The van der Waals surface area contributed by atoms with Gasteiger partial charge in [-0.3, -0.25) is 9.59 Å². The molecule has 1 fully saturated rings. The number of ether oxygens (including phenoxy) is 2. The van der Waals surface area contributed by atoms with Crippen LogP contribution in [0.15, 0.2) is 91.0 Å². The van der Waals surface area contributed by atoms with E-state index in [1.165, 1.54) is 0 Å². The molecule has 1 heterocycles. The highest BCUT2D eigenvalue weighted by atomic mass is 16.6. The molecule has 0 radical (unpaired) electrons. The largest absolute Gasteiger partial charge is 0.445 e. The van der Waals surface area contributed by atoms with Gasteiger partial charge in [-0.15, -0.1) is 0 Å². The molecule has 0 saturated carbocycles. The van der Waals surface area contributed by atoms with Crippen molar-refractivity contribution in [1.29, 1.82) is 0 Å². The second kappa shape index (κ2) is 20.0. The second-order valence-electron chi connectivity index (χ2n) is 15.6. The molecule has 3 aromatic rings. The van der Waals surface area contributed by atoms with E-state index in [1.807, 2.05) is 105 Å². The molecule has 0 spiro atoms. The van der Waals surface area contributed by atoms with Crippen LogP contribution in [0.3, 0.4) is 0 Å². The van der Waals surface area contributed by atoms with Gasteiger partial charge < -0.3 is 35.0 Å². The van der Waals surface area contributed by atoms with Crippen LogP contribution in [0.2, 0.25) is 0 Å². The molecular formula is C43H58N4O7. The van der Waals surface area contributed by atoms with Crippen molar-refractivity contribution in [2.24, 2.45) is 11.8 Å². The highest BCUT2D eigenvalue weighted by Crippen LogP contribution is 2.22. The summed E-state index contributed by atoms with van der Waals surface area (Å²) in [5.74, 6) is -1.46. The van der Waals surface area contributed by atoms with Gasteiger partial charge in [0.05, 0.1) is 12.1 Å². The van der Waals surface area contributed by atoms with Crippen LogP contribution in [0.5, 0.6) is 0 Å². The lowest BCUT2D eigenvalue weighted by molar-refractivity contribution is -0.140. The van der Waals surface area contributed by atoms with Gasteiger partial charge in [-0.05, 0) is 75.5 Å². The van der Waals surface area contributed by atoms with Gasteiger partial charge in [0, 0.05) is 32.1 Å². The van der Waals surface area contributed by atoms with Gasteiger partial charge in [-0.25, -0.2) is 9.59 Å². The van der Waals surface area contributed by atoms with Crippen molar-refractivity contribution in [3.63, 3.8) is 0 Å². The first-order chi connectivity index (χ1) is 25.7. The number of nitrogens with zero attached hydrogens (tertiary/aromatic N) is 2. The van der Waals surface area contributed by atoms with Crippen LogP contribution in [0, 0.1) is 11.8 Å². The van der Waals surface area contributed by atoms with E-state index in [0.717, 1.165) is 16.7 Å². The number of carbonyl (C=O) groups is 4. The molecule has 0 bridgehead atoms.